The summed E-state index contributed by atoms with van der Waals surface area (Å²) in [4.78, 5) is 11.6. The number of hydrogen-bond acceptors (Lipinski definition) is 2. The van der Waals surface area contributed by atoms with Gasteiger partial charge < -0.3 is 10.1 Å². The van der Waals surface area contributed by atoms with Gasteiger partial charge in [-0.3, -0.25) is 0 Å². The molecule has 0 radical (unpaired) electrons. The molecule has 1 amide bonds. The van der Waals surface area contributed by atoms with Crippen molar-refractivity contribution in [2.45, 2.75) is 45.8 Å². The van der Waals surface area contributed by atoms with Crippen molar-refractivity contribution in [3.05, 3.63) is 42.0 Å². The third kappa shape index (κ3) is 6.38. The maximum absolute atomic E-state index is 13.1. The molecule has 0 aliphatic heterocycles. The van der Waals surface area contributed by atoms with Gasteiger partial charge >= 0.3 is 6.09 Å². The van der Waals surface area contributed by atoms with Crippen molar-refractivity contribution < 1.29 is 18.3 Å². The molecule has 1 atom stereocenters. The summed E-state index contributed by atoms with van der Waals surface area (Å²) in [6.07, 6.45) is -2.31. The summed E-state index contributed by atoms with van der Waals surface area (Å²) in [7, 11) is 0. The highest BCUT2D eigenvalue weighted by Gasteiger charge is 2.19. The van der Waals surface area contributed by atoms with Crippen LogP contribution >= 0.6 is 0 Å². The van der Waals surface area contributed by atoms with Gasteiger partial charge in [0.05, 0.1) is 0 Å². The van der Waals surface area contributed by atoms with Crippen LogP contribution in [-0.2, 0) is 4.74 Å². The maximum Gasteiger partial charge on any atom is 0.407 e. The van der Waals surface area contributed by atoms with Crippen LogP contribution in [0, 0.1) is 0 Å². The quantitative estimate of drug-likeness (QED) is 0.882. The molecule has 0 heterocycles. The Morgan fingerprint density at radius 1 is 1.24 bits per heavy atom. The van der Waals surface area contributed by atoms with E-state index in [0.29, 0.717) is 5.56 Å². The fourth-order valence-electron chi connectivity index (χ4n) is 1.81. The average molecular weight is 297 g/mol. The molecule has 116 valence electrons. The predicted octanol–water partition coefficient (Wildman–Crippen LogP) is 4.60. The van der Waals surface area contributed by atoms with Gasteiger partial charge in [-0.15, -0.1) is 0 Å². The van der Waals surface area contributed by atoms with Crippen molar-refractivity contribution in [1.29, 1.82) is 0 Å². The van der Waals surface area contributed by atoms with Gasteiger partial charge in [-0.05, 0) is 39.7 Å². The van der Waals surface area contributed by atoms with Crippen LogP contribution in [0.1, 0.15) is 39.7 Å². The predicted molar refractivity (Wildman–Crippen MR) is 79.0 cm³/mol. The Labute approximate surface area is 124 Å². The second kappa shape index (κ2) is 7.20. The van der Waals surface area contributed by atoms with E-state index >= 15 is 0 Å². The Balaban J connectivity index is 2.70. The number of benzene rings is 1. The minimum atomic E-state index is -1.74. The lowest BCUT2D eigenvalue weighted by Gasteiger charge is -2.22. The minimum absolute atomic E-state index is 0.0333. The van der Waals surface area contributed by atoms with Gasteiger partial charge in [0.1, 0.15) is 5.60 Å². The van der Waals surface area contributed by atoms with Crippen LogP contribution in [0.25, 0.3) is 5.57 Å². The summed E-state index contributed by atoms with van der Waals surface area (Å²) < 4.78 is 31.3. The SMILES string of the molecule is CC(CC(=C(F)F)c1ccccc1)NC(=O)OC(C)(C)C. The zero-order valence-corrected chi connectivity index (χ0v) is 12.7. The van der Waals surface area contributed by atoms with Crippen LogP contribution in [-0.4, -0.2) is 17.7 Å². The van der Waals surface area contributed by atoms with Gasteiger partial charge in [-0.25, -0.2) is 4.79 Å². The van der Waals surface area contributed by atoms with Crippen molar-refractivity contribution in [2.24, 2.45) is 0 Å². The molecule has 1 aromatic rings. The number of hydrogen-bond donors (Lipinski definition) is 1. The summed E-state index contributed by atoms with van der Waals surface area (Å²) in [5, 5.41) is 2.56. The molecule has 3 nitrogen and oxygen atoms in total. The Morgan fingerprint density at radius 2 is 1.81 bits per heavy atom. The molecule has 0 saturated carbocycles. The third-order valence-corrected chi connectivity index (χ3v) is 2.62. The number of amides is 1. The largest absolute Gasteiger partial charge is 0.444 e. The molecular formula is C16H21F2NO2. The van der Waals surface area contributed by atoms with Gasteiger partial charge in [0.25, 0.3) is 6.08 Å². The summed E-state index contributed by atoms with van der Waals surface area (Å²) >= 11 is 0. The minimum Gasteiger partial charge on any atom is -0.444 e. The van der Waals surface area contributed by atoms with Crippen LogP contribution in [0.4, 0.5) is 13.6 Å². The normalized spacial score (nSPS) is 12.5. The maximum atomic E-state index is 13.1. The van der Waals surface area contributed by atoms with E-state index in [9.17, 15) is 13.6 Å². The first-order valence-corrected chi connectivity index (χ1v) is 6.78. The molecule has 21 heavy (non-hydrogen) atoms. The third-order valence-electron chi connectivity index (χ3n) is 2.62. The lowest BCUT2D eigenvalue weighted by Crippen LogP contribution is -2.37. The Kier molecular flexibility index (Phi) is 5.88. The molecule has 5 heteroatoms. The number of carbonyl (C=O) groups is 1. The number of rotatable bonds is 4. The first kappa shape index (κ1) is 17.1. The Hall–Kier alpha value is -1.91. The lowest BCUT2D eigenvalue weighted by atomic mass is 10.0. The molecule has 1 N–H and O–H groups in total. The molecule has 1 aromatic carbocycles. The zero-order chi connectivity index (χ0) is 16.0. The highest BCUT2D eigenvalue weighted by Crippen LogP contribution is 2.25. The van der Waals surface area contributed by atoms with E-state index in [1.54, 1.807) is 58.0 Å². The van der Waals surface area contributed by atoms with Crippen molar-refractivity contribution in [3.63, 3.8) is 0 Å². The molecule has 0 aromatic heterocycles. The van der Waals surface area contributed by atoms with Crippen molar-refractivity contribution >= 4 is 11.7 Å². The van der Waals surface area contributed by atoms with Gasteiger partial charge in [-0.2, -0.15) is 8.78 Å². The van der Waals surface area contributed by atoms with Crippen molar-refractivity contribution in [2.75, 3.05) is 0 Å². The standard InChI is InChI=1S/C16H21F2NO2/c1-11(19-15(20)21-16(2,3)4)10-13(14(17)18)12-8-6-5-7-9-12/h5-9,11H,10H2,1-4H3,(H,19,20). The van der Waals surface area contributed by atoms with E-state index in [2.05, 4.69) is 5.32 Å². The number of halogens is 2. The summed E-state index contributed by atoms with van der Waals surface area (Å²) in [5.74, 6) is 0. The van der Waals surface area contributed by atoms with E-state index < -0.39 is 23.8 Å². The topological polar surface area (TPSA) is 38.3 Å². The molecule has 0 bridgehead atoms. The molecule has 1 rings (SSSR count). The van der Waals surface area contributed by atoms with Crippen LogP contribution < -0.4 is 5.32 Å². The first-order valence-electron chi connectivity index (χ1n) is 6.78. The van der Waals surface area contributed by atoms with Gasteiger partial charge in [-0.1, -0.05) is 30.3 Å². The zero-order valence-electron chi connectivity index (χ0n) is 12.7. The fourth-order valence-corrected chi connectivity index (χ4v) is 1.81. The number of ether oxygens (including phenoxy) is 1. The van der Waals surface area contributed by atoms with Gasteiger partial charge in [0.15, 0.2) is 0 Å². The summed E-state index contributed by atoms with van der Waals surface area (Å²) in [6.45, 7) is 6.89. The van der Waals surface area contributed by atoms with Crippen LogP contribution in [0.15, 0.2) is 36.4 Å². The number of carbonyl (C=O) groups excluding carboxylic acids is 1. The van der Waals surface area contributed by atoms with E-state index in [4.69, 9.17) is 4.74 Å². The fraction of sp³-hybridized carbons (Fsp3) is 0.438. The van der Waals surface area contributed by atoms with Crippen LogP contribution in [0.2, 0.25) is 0 Å². The van der Waals surface area contributed by atoms with Crippen LogP contribution in [0.3, 0.4) is 0 Å². The lowest BCUT2D eigenvalue weighted by molar-refractivity contribution is 0.0509. The smallest absolute Gasteiger partial charge is 0.407 e. The Morgan fingerprint density at radius 3 is 2.29 bits per heavy atom. The van der Waals surface area contributed by atoms with Gasteiger partial charge in [0, 0.05) is 11.6 Å². The van der Waals surface area contributed by atoms with E-state index in [1.807, 2.05) is 0 Å². The van der Waals surface area contributed by atoms with Gasteiger partial charge in [0.2, 0.25) is 0 Å². The average Bonchev–Trinajstić information content (AvgIpc) is 2.34. The number of alkyl carbamates (subject to hydrolysis) is 1. The highest BCUT2D eigenvalue weighted by atomic mass is 19.3. The number of nitrogens with one attached hydrogen (secondary N) is 1. The van der Waals surface area contributed by atoms with Crippen molar-refractivity contribution in [1.82, 2.24) is 5.32 Å². The van der Waals surface area contributed by atoms with Crippen LogP contribution in [0.5, 0.6) is 0 Å². The second-order valence-electron chi connectivity index (χ2n) is 5.86. The highest BCUT2D eigenvalue weighted by molar-refractivity contribution is 5.70. The molecule has 1 unspecified atom stereocenters. The Bertz CT molecular complexity index is 503. The van der Waals surface area contributed by atoms with E-state index in [-0.39, 0.29) is 12.0 Å². The second-order valence-corrected chi connectivity index (χ2v) is 5.86. The summed E-state index contributed by atoms with van der Waals surface area (Å²) in [5.41, 5.74) is -0.234. The molecule has 0 aliphatic rings. The van der Waals surface area contributed by atoms with E-state index in [1.165, 1.54) is 0 Å². The molecule has 0 spiro atoms. The molecule has 0 saturated heterocycles. The van der Waals surface area contributed by atoms with Crippen molar-refractivity contribution in [3.8, 4) is 0 Å². The van der Waals surface area contributed by atoms with E-state index in [0.717, 1.165) is 0 Å². The monoisotopic (exact) mass is 297 g/mol. The molecule has 0 aliphatic carbocycles. The molecular weight excluding hydrogens is 276 g/mol. The first-order chi connectivity index (χ1) is 9.69. The molecule has 0 fully saturated rings. The summed E-state index contributed by atoms with van der Waals surface area (Å²) in [6, 6.07) is 7.94.